The minimum atomic E-state index is -0.0643. The average Bonchev–Trinajstić information content (AvgIpc) is 3.20. The van der Waals surface area contributed by atoms with E-state index in [1.807, 2.05) is 61.5 Å². The molecule has 6 nitrogen and oxygen atoms in total. The molecule has 1 heterocycles. The lowest BCUT2D eigenvalue weighted by Gasteiger charge is -2.20. The Morgan fingerprint density at radius 1 is 1.18 bits per heavy atom. The van der Waals surface area contributed by atoms with Crippen molar-refractivity contribution in [1.29, 1.82) is 0 Å². The van der Waals surface area contributed by atoms with Crippen LogP contribution in [0.2, 0.25) is 0 Å². The Balaban J connectivity index is 1.68. The summed E-state index contributed by atoms with van der Waals surface area (Å²) >= 11 is 1.21. The smallest absolute Gasteiger partial charge is 0.277 e. The molecule has 3 rings (SSSR count). The summed E-state index contributed by atoms with van der Waals surface area (Å²) in [5.74, 6) is 1.16. The second kappa shape index (κ2) is 9.75. The standard InChI is InChI=1S/C21H21N3O3S/c1-3-14-24(16-10-6-5-7-11-16)19(25)15-28-21-23-22-20(27-21)17-12-8-9-13-18(17)26-4-2/h3,5-13H,1,4,14-15H2,2H3. The highest BCUT2D eigenvalue weighted by Crippen LogP contribution is 2.30. The highest BCUT2D eigenvalue weighted by Gasteiger charge is 2.18. The zero-order valence-electron chi connectivity index (χ0n) is 15.6. The number of carbonyl (C=O) groups is 1. The van der Waals surface area contributed by atoms with Crippen molar-refractivity contribution in [3.05, 3.63) is 67.3 Å². The molecule has 0 atom stereocenters. The summed E-state index contributed by atoms with van der Waals surface area (Å²) in [5.41, 5.74) is 1.55. The Kier molecular flexibility index (Phi) is 6.86. The topological polar surface area (TPSA) is 68.5 Å². The summed E-state index contributed by atoms with van der Waals surface area (Å²) in [5, 5.41) is 8.47. The maximum atomic E-state index is 12.7. The third-order valence-corrected chi connectivity index (χ3v) is 4.63. The molecule has 0 radical (unpaired) electrons. The first-order chi connectivity index (χ1) is 13.7. The Bertz CT molecular complexity index is 927. The van der Waals surface area contributed by atoms with E-state index in [0.717, 1.165) is 11.3 Å². The number of thioether (sulfide) groups is 1. The van der Waals surface area contributed by atoms with Crippen LogP contribution in [-0.4, -0.2) is 35.0 Å². The van der Waals surface area contributed by atoms with Crippen LogP contribution >= 0.6 is 11.8 Å². The fourth-order valence-corrected chi connectivity index (χ4v) is 3.23. The molecule has 3 aromatic rings. The zero-order chi connectivity index (χ0) is 19.8. The summed E-state index contributed by atoms with van der Waals surface area (Å²) in [7, 11) is 0. The van der Waals surface area contributed by atoms with Gasteiger partial charge in [0.05, 0.1) is 17.9 Å². The molecule has 0 bridgehead atoms. The highest BCUT2D eigenvalue weighted by molar-refractivity contribution is 7.99. The van der Waals surface area contributed by atoms with Crippen LogP contribution in [0.5, 0.6) is 5.75 Å². The van der Waals surface area contributed by atoms with E-state index in [-0.39, 0.29) is 11.7 Å². The van der Waals surface area contributed by atoms with Gasteiger partial charge in [0.1, 0.15) is 5.75 Å². The summed E-state index contributed by atoms with van der Waals surface area (Å²) in [6.07, 6.45) is 1.70. The number of para-hydroxylation sites is 2. The first-order valence-corrected chi connectivity index (χ1v) is 9.86. The lowest BCUT2D eigenvalue weighted by molar-refractivity contribution is -0.116. The number of amides is 1. The third-order valence-electron chi connectivity index (χ3n) is 3.82. The Morgan fingerprint density at radius 2 is 1.93 bits per heavy atom. The molecule has 144 valence electrons. The molecule has 2 aromatic carbocycles. The van der Waals surface area contributed by atoms with Gasteiger partial charge in [0.2, 0.25) is 5.91 Å². The number of nitrogens with zero attached hydrogens (tertiary/aromatic N) is 3. The van der Waals surface area contributed by atoms with E-state index in [4.69, 9.17) is 9.15 Å². The number of carbonyl (C=O) groups excluding carboxylic acids is 1. The fourth-order valence-electron chi connectivity index (χ4n) is 2.59. The quantitative estimate of drug-likeness (QED) is 0.394. The fraction of sp³-hybridized carbons (Fsp3) is 0.190. The van der Waals surface area contributed by atoms with Crippen molar-refractivity contribution in [2.45, 2.75) is 12.1 Å². The van der Waals surface area contributed by atoms with Crippen molar-refractivity contribution < 1.29 is 13.9 Å². The Hall–Kier alpha value is -3.06. The van der Waals surface area contributed by atoms with E-state index in [1.165, 1.54) is 11.8 Å². The van der Waals surface area contributed by atoms with E-state index in [9.17, 15) is 4.79 Å². The molecule has 0 fully saturated rings. The third kappa shape index (κ3) is 4.80. The largest absolute Gasteiger partial charge is 0.493 e. The highest BCUT2D eigenvalue weighted by atomic mass is 32.2. The molecule has 0 aliphatic heterocycles. The number of anilines is 1. The normalized spacial score (nSPS) is 10.5. The van der Waals surface area contributed by atoms with Crippen molar-refractivity contribution in [2.24, 2.45) is 0 Å². The van der Waals surface area contributed by atoms with Gasteiger partial charge < -0.3 is 14.1 Å². The summed E-state index contributed by atoms with van der Waals surface area (Å²) in [4.78, 5) is 14.3. The maximum Gasteiger partial charge on any atom is 0.277 e. The number of hydrogen-bond acceptors (Lipinski definition) is 6. The predicted molar refractivity (Wildman–Crippen MR) is 111 cm³/mol. The minimum absolute atomic E-state index is 0.0643. The van der Waals surface area contributed by atoms with Gasteiger partial charge in [0.15, 0.2) is 0 Å². The molecule has 1 aromatic heterocycles. The van der Waals surface area contributed by atoms with Gasteiger partial charge >= 0.3 is 0 Å². The van der Waals surface area contributed by atoms with Gasteiger partial charge in [0.25, 0.3) is 11.1 Å². The van der Waals surface area contributed by atoms with E-state index in [2.05, 4.69) is 16.8 Å². The minimum Gasteiger partial charge on any atom is -0.493 e. The lowest BCUT2D eigenvalue weighted by Crippen LogP contribution is -2.32. The number of aromatic nitrogens is 2. The second-order valence-corrected chi connectivity index (χ2v) is 6.65. The van der Waals surface area contributed by atoms with Crippen molar-refractivity contribution in [2.75, 3.05) is 23.8 Å². The van der Waals surface area contributed by atoms with Crippen molar-refractivity contribution in [3.8, 4) is 17.2 Å². The predicted octanol–water partition coefficient (Wildman–Crippen LogP) is 4.45. The van der Waals surface area contributed by atoms with Gasteiger partial charge in [0, 0.05) is 12.2 Å². The van der Waals surface area contributed by atoms with E-state index < -0.39 is 0 Å². The number of rotatable bonds is 9. The molecule has 7 heteroatoms. The van der Waals surface area contributed by atoms with Crippen molar-refractivity contribution >= 4 is 23.4 Å². The van der Waals surface area contributed by atoms with Crippen molar-refractivity contribution in [1.82, 2.24) is 10.2 Å². The van der Waals surface area contributed by atoms with Crippen LogP contribution in [0.1, 0.15) is 6.92 Å². The number of hydrogen-bond donors (Lipinski definition) is 0. The second-order valence-electron chi connectivity index (χ2n) is 5.72. The first-order valence-electron chi connectivity index (χ1n) is 8.87. The Morgan fingerprint density at radius 3 is 2.68 bits per heavy atom. The van der Waals surface area contributed by atoms with E-state index in [1.54, 1.807) is 11.0 Å². The molecule has 0 saturated carbocycles. The van der Waals surface area contributed by atoms with Gasteiger partial charge in [-0.05, 0) is 31.2 Å². The van der Waals surface area contributed by atoms with Crippen LogP contribution in [0.4, 0.5) is 5.69 Å². The van der Waals surface area contributed by atoms with Gasteiger partial charge in [-0.1, -0.05) is 48.2 Å². The van der Waals surface area contributed by atoms with Gasteiger partial charge in [-0.25, -0.2) is 0 Å². The molecule has 1 amide bonds. The SMILES string of the molecule is C=CCN(C(=O)CSc1nnc(-c2ccccc2OCC)o1)c1ccccc1. The van der Waals surface area contributed by atoms with E-state index in [0.29, 0.717) is 30.0 Å². The molecule has 0 unspecified atom stereocenters. The lowest BCUT2D eigenvalue weighted by atomic mass is 10.2. The van der Waals surface area contributed by atoms with Crippen LogP contribution in [0.3, 0.4) is 0 Å². The molecule has 28 heavy (non-hydrogen) atoms. The van der Waals surface area contributed by atoms with E-state index >= 15 is 0 Å². The van der Waals surface area contributed by atoms with Gasteiger partial charge in [-0.15, -0.1) is 16.8 Å². The number of benzene rings is 2. The number of ether oxygens (including phenoxy) is 1. The molecule has 0 spiro atoms. The summed E-state index contributed by atoms with van der Waals surface area (Å²) < 4.78 is 11.3. The molecule has 0 aliphatic rings. The summed E-state index contributed by atoms with van der Waals surface area (Å²) in [6, 6.07) is 17.0. The first kappa shape index (κ1) is 19.7. The van der Waals surface area contributed by atoms with Crippen molar-refractivity contribution in [3.63, 3.8) is 0 Å². The molecular formula is C21H21N3O3S. The van der Waals surface area contributed by atoms with Crippen LogP contribution in [0, 0.1) is 0 Å². The molecule has 0 saturated heterocycles. The molecule has 0 N–H and O–H groups in total. The maximum absolute atomic E-state index is 12.7. The summed E-state index contributed by atoms with van der Waals surface area (Å²) in [6.45, 7) is 6.62. The van der Waals surface area contributed by atoms with Gasteiger partial charge in [-0.3, -0.25) is 4.79 Å². The van der Waals surface area contributed by atoms with Crippen LogP contribution in [-0.2, 0) is 4.79 Å². The van der Waals surface area contributed by atoms with Crippen LogP contribution in [0.25, 0.3) is 11.5 Å². The average molecular weight is 395 g/mol. The monoisotopic (exact) mass is 395 g/mol. The molecular weight excluding hydrogens is 374 g/mol. The Labute approximate surface area is 168 Å². The zero-order valence-corrected chi connectivity index (χ0v) is 16.4. The van der Waals surface area contributed by atoms with Gasteiger partial charge in [-0.2, -0.15) is 0 Å². The van der Waals surface area contributed by atoms with Crippen LogP contribution in [0.15, 0.2) is 76.9 Å². The molecule has 0 aliphatic carbocycles. The van der Waals surface area contributed by atoms with Crippen LogP contribution < -0.4 is 9.64 Å².